The van der Waals surface area contributed by atoms with Crippen LogP contribution in [0.25, 0.3) is 11.3 Å². The molecule has 7 nitrogen and oxygen atoms in total. The number of nitrogens with zero attached hydrogens (tertiary/aromatic N) is 6. The highest BCUT2D eigenvalue weighted by atomic mass is 19.4. The molecule has 0 saturated carbocycles. The Morgan fingerprint density at radius 3 is 2.65 bits per heavy atom. The monoisotopic (exact) mass is 431 g/mol. The molecule has 3 aromatic heterocycles. The minimum absolute atomic E-state index is 0.0393. The van der Waals surface area contributed by atoms with E-state index in [4.69, 9.17) is 5.73 Å². The number of rotatable bonds is 3. The van der Waals surface area contributed by atoms with E-state index in [-0.39, 0.29) is 11.5 Å². The molecule has 2 aliphatic rings. The van der Waals surface area contributed by atoms with Gasteiger partial charge in [0.2, 0.25) is 0 Å². The maximum Gasteiger partial charge on any atom is 0.419 e. The standard InChI is InChI=1S/C21H24F3N7/c1-13(16-3-6-29(2)27-16)30-7-4-20(12-30)5-8-31-18(20)10-17(28-31)14-9-15(21(22,23)24)19(25)26-11-14/h3,6,9-11,13H,4-5,7-8,12H2,1-2H3,(H2,25,26)/t13?,20-/m1/s1. The number of fused-ring (bicyclic) bond motifs is 2. The number of hydrogen-bond acceptors (Lipinski definition) is 5. The van der Waals surface area contributed by atoms with Gasteiger partial charge in [0.05, 0.1) is 23.0 Å². The number of likely N-dealkylation sites (tertiary alicyclic amines) is 1. The van der Waals surface area contributed by atoms with Crippen molar-refractivity contribution in [2.45, 2.75) is 43.9 Å². The third-order valence-corrected chi connectivity index (χ3v) is 6.74. The largest absolute Gasteiger partial charge is 0.419 e. The zero-order chi connectivity index (χ0) is 22.0. The van der Waals surface area contributed by atoms with E-state index in [1.165, 1.54) is 6.20 Å². The van der Waals surface area contributed by atoms with Crippen molar-refractivity contribution in [3.05, 3.63) is 47.5 Å². The first-order chi connectivity index (χ1) is 14.7. The van der Waals surface area contributed by atoms with Crippen LogP contribution in [-0.4, -0.2) is 42.5 Å². The number of aromatic nitrogens is 5. The van der Waals surface area contributed by atoms with Crippen LogP contribution in [0.3, 0.4) is 0 Å². The molecule has 3 aromatic rings. The van der Waals surface area contributed by atoms with Crippen LogP contribution in [0, 0.1) is 0 Å². The molecule has 2 atom stereocenters. The van der Waals surface area contributed by atoms with Gasteiger partial charge in [-0.05, 0) is 44.5 Å². The molecular formula is C21H24F3N7. The molecule has 5 rings (SSSR count). The summed E-state index contributed by atoms with van der Waals surface area (Å²) in [6, 6.07) is 5.21. The summed E-state index contributed by atoms with van der Waals surface area (Å²) in [4.78, 5) is 6.18. The molecule has 1 fully saturated rings. The van der Waals surface area contributed by atoms with Gasteiger partial charge in [0.15, 0.2) is 0 Å². The predicted octanol–water partition coefficient (Wildman–Crippen LogP) is 3.39. The number of pyridine rings is 1. The Morgan fingerprint density at radius 2 is 1.94 bits per heavy atom. The Balaban J connectivity index is 1.43. The van der Waals surface area contributed by atoms with Gasteiger partial charge in [-0.1, -0.05) is 0 Å². The quantitative estimate of drug-likeness (QED) is 0.688. The molecule has 2 aliphatic heterocycles. The van der Waals surface area contributed by atoms with Crippen LogP contribution < -0.4 is 5.73 Å². The van der Waals surface area contributed by atoms with Gasteiger partial charge in [-0.15, -0.1) is 0 Å². The van der Waals surface area contributed by atoms with Gasteiger partial charge in [0.25, 0.3) is 0 Å². The van der Waals surface area contributed by atoms with E-state index in [1.807, 2.05) is 34.7 Å². The average molecular weight is 431 g/mol. The van der Waals surface area contributed by atoms with Crippen molar-refractivity contribution in [1.82, 2.24) is 29.4 Å². The van der Waals surface area contributed by atoms with Crippen LogP contribution in [0.4, 0.5) is 19.0 Å². The summed E-state index contributed by atoms with van der Waals surface area (Å²) in [5.41, 5.74) is 7.44. The first-order valence-corrected chi connectivity index (χ1v) is 10.3. The third kappa shape index (κ3) is 3.29. The molecule has 164 valence electrons. The second-order valence-corrected chi connectivity index (χ2v) is 8.63. The zero-order valence-corrected chi connectivity index (χ0v) is 17.4. The summed E-state index contributed by atoms with van der Waals surface area (Å²) >= 11 is 0. The van der Waals surface area contributed by atoms with Gasteiger partial charge in [0, 0.05) is 49.2 Å². The minimum atomic E-state index is -4.55. The fraction of sp³-hybridized carbons (Fsp3) is 0.476. The number of alkyl halides is 3. The number of nitrogens with two attached hydrogens (primary N) is 1. The topological polar surface area (TPSA) is 77.8 Å². The van der Waals surface area contributed by atoms with E-state index in [1.54, 1.807) is 0 Å². The van der Waals surface area contributed by atoms with Gasteiger partial charge in [-0.25, -0.2) is 4.98 Å². The maximum atomic E-state index is 13.2. The van der Waals surface area contributed by atoms with E-state index >= 15 is 0 Å². The molecule has 1 spiro atoms. The number of aryl methyl sites for hydroxylation is 2. The van der Waals surface area contributed by atoms with Crippen molar-refractivity contribution < 1.29 is 13.2 Å². The lowest BCUT2D eigenvalue weighted by molar-refractivity contribution is -0.137. The molecule has 0 aromatic carbocycles. The zero-order valence-electron chi connectivity index (χ0n) is 17.4. The van der Waals surface area contributed by atoms with Crippen molar-refractivity contribution in [2.75, 3.05) is 18.8 Å². The Kier molecular flexibility index (Phi) is 4.40. The van der Waals surface area contributed by atoms with Crippen molar-refractivity contribution in [2.24, 2.45) is 7.05 Å². The van der Waals surface area contributed by atoms with Crippen LogP contribution in [0.15, 0.2) is 30.6 Å². The van der Waals surface area contributed by atoms with E-state index in [9.17, 15) is 13.2 Å². The number of nitrogen functional groups attached to an aromatic ring is 1. The molecule has 1 saturated heterocycles. The van der Waals surface area contributed by atoms with Gasteiger partial charge in [0.1, 0.15) is 5.82 Å². The second-order valence-electron chi connectivity index (χ2n) is 8.63. The van der Waals surface area contributed by atoms with Crippen molar-refractivity contribution in [1.29, 1.82) is 0 Å². The molecule has 31 heavy (non-hydrogen) atoms. The smallest absolute Gasteiger partial charge is 0.383 e. The van der Waals surface area contributed by atoms with Crippen LogP contribution in [0.5, 0.6) is 0 Å². The number of hydrogen-bond donors (Lipinski definition) is 1. The first-order valence-electron chi connectivity index (χ1n) is 10.3. The van der Waals surface area contributed by atoms with Gasteiger partial charge >= 0.3 is 6.18 Å². The molecule has 5 heterocycles. The van der Waals surface area contributed by atoms with Gasteiger partial charge < -0.3 is 5.73 Å². The highest BCUT2D eigenvalue weighted by molar-refractivity contribution is 5.63. The molecule has 0 aliphatic carbocycles. The third-order valence-electron chi connectivity index (χ3n) is 6.74. The van der Waals surface area contributed by atoms with Crippen molar-refractivity contribution in [3.63, 3.8) is 0 Å². The summed E-state index contributed by atoms with van der Waals surface area (Å²) < 4.78 is 43.5. The fourth-order valence-electron chi connectivity index (χ4n) is 4.94. The molecule has 10 heteroatoms. The molecule has 0 amide bonds. The highest BCUT2D eigenvalue weighted by Gasteiger charge is 2.47. The van der Waals surface area contributed by atoms with E-state index in [0.717, 1.165) is 49.9 Å². The number of halogens is 3. The summed E-state index contributed by atoms with van der Waals surface area (Å²) in [5, 5.41) is 9.14. The lowest BCUT2D eigenvalue weighted by Crippen LogP contribution is -2.31. The Hall–Kier alpha value is -2.88. The second kappa shape index (κ2) is 6.81. The van der Waals surface area contributed by atoms with Gasteiger partial charge in [-0.2, -0.15) is 23.4 Å². The SMILES string of the molecule is CC(c1ccn(C)n1)N1CC[C@@]2(CCn3nc(-c4cnc(N)c(C(F)(F)F)c4)cc32)C1. The molecular weight excluding hydrogens is 407 g/mol. The molecule has 0 bridgehead atoms. The fourth-order valence-corrected chi connectivity index (χ4v) is 4.94. The Labute approximate surface area is 177 Å². The summed E-state index contributed by atoms with van der Waals surface area (Å²) in [5.74, 6) is -0.519. The van der Waals surface area contributed by atoms with Crippen LogP contribution in [0.2, 0.25) is 0 Å². The summed E-state index contributed by atoms with van der Waals surface area (Å²) in [6.07, 6.45) is 0.728. The first kappa shape index (κ1) is 20.0. The van der Waals surface area contributed by atoms with E-state index < -0.39 is 17.6 Å². The van der Waals surface area contributed by atoms with Crippen LogP contribution in [-0.2, 0) is 25.2 Å². The normalized spacial score (nSPS) is 22.4. The molecule has 2 N–H and O–H groups in total. The number of anilines is 1. The average Bonchev–Trinajstić information content (AvgIpc) is 3.47. The molecule has 0 radical (unpaired) electrons. The van der Waals surface area contributed by atoms with E-state index in [2.05, 4.69) is 27.0 Å². The van der Waals surface area contributed by atoms with Crippen LogP contribution >= 0.6 is 0 Å². The predicted molar refractivity (Wildman–Crippen MR) is 109 cm³/mol. The lowest BCUT2D eigenvalue weighted by Gasteiger charge is -2.26. The molecule has 1 unspecified atom stereocenters. The van der Waals surface area contributed by atoms with E-state index in [0.29, 0.717) is 11.3 Å². The van der Waals surface area contributed by atoms with Crippen molar-refractivity contribution in [3.8, 4) is 11.3 Å². The Bertz CT molecular complexity index is 1130. The highest BCUT2D eigenvalue weighted by Crippen LogP contribution is 2.46. The lowest BCUT2D eigenvalue weighted by atomic mass is 9.82. The Morgan fingerprint density at radius 1 is 1.16 bits per heavy atom. The summed E-state index contributed by atoms with van der Waals surface area (Å²) in [7, 11) is 1.91. The van der Waals surface area contributed by atoms with Crippen molar-refractivity contribution >= 4 is 5.82 Å². The summed E-state index contributed by atoms with van der Waals surface area (Å²) in [6.45, 7) is 4.75. The maximum absolute atomic E-state index is 13.2. The minimum Gasteiger partial charge on any atom is -0.383 e. The van der Waals surface area contributed by atoms with Crippen LogP contribution in [0.1, 0.15) is 42.8 Å². The van der Waals surface area contributed by atoms with Gasteiger partial charge in [-0.3, -0.25) is 14.3 Å².